The van der Waals surface area contributed by atoms with E-state index >= 15 is 0 Å². The summed E-state index contributed by atoms with van der Waals surface area (Å²) < 4.78 is 32.7. The van der Waals surface area contributed by atoms with E-state index in [9.17, 15) is 14.4 Å². The Hall–Kier alpha value is -2.59. The molecule has 0 fully saturated rings. The molecule has 10 heteroatoms. The molecule has 0 aliphatic carbocycles. The molecule has 0 aromatic heterocycles. The van der Waals surface area contributed by atoms with Gasteiger partial charge in [0.05, 0.1) is 6.61 Å². The number of rotatable bonds is 8. The Morgan fingerprint density at radius 1 is 1.07 bits per heavy atom. The number of carbonyl (C=O) groups excluding carboxylic acids is 3. The van der Waals surface area contributed by atoms with Crippen LogP contribution in [0.4, 0.5) is 0 Å². The molecule has 0 spiro atoms. The molecule has 1 aromatic carbocycles. The summed E-state index contributed by atoms with van der Waals surface area (Å²) >= 11 is 0. The normalized spacial score (nSPS) is 18.1. The molecule has 1 atom stereocenters. The predicted octanol–water partition coefficient (Wildman–Crippen LogP) is 2.66. The molecule has 0 bridgehead atoms. The Bertz CT molecular complexity index is 738. The summed E-state index contributed by atoms with van der Waals surface area (Å²) in [6.45, 7) is 7.64. The first-order valence-corrected chi connectivity index (χ1v) is 11.2. The Morgan fingerprint density at radius 3 is 2.17 bits per heavy atom. The Labute approximate surface area is 170 Å². The molecule has 1 aromatic rings. The highest BCUT2D eigenvalue weighted by atomic mass is 28.4. The first-order chi connectivity index (χ1) is 13.6. The number of carbonyl (C=O) groups is 3. The molecule has 9 nitrogen and oxygen atoms in total. The van der Waals surface area contributed by atoms with E-state index in [0.717, 1.165) is 39.2 Å². The van der Waals surface area contributed by atoms with Crippen molar-refractivity contribution in [3.63, 3.8) is 0 Å². The minimum absolute atomic E-state index is 0.337. The van der Waals surface area contributed by atoms with Crippen LogP contribution in [0, 0.1) is 0 Å². The van der Waals surface area contributed by atoms with Crippen LogP contribution in [0.25, 0.3) is 0 Å². The molecule has 0 amide bonds. The molecule has 1 heterocycles. The topological polar surface area (TPSA) is 107 Å². The second-order valence-electron chi connectivity index (χ2n) is 6.80. The largest absolute Gasteiger partial charge is 0.745 e. The van der Waals surface area contributed by atoms with Gasteiger partial charge in [-0.15, -0.1) is 0 Å². The van der Waals surface area contributed by atoms with Gasteiger partial charge in [-0.2, -0.15) is 0 Å². The van der Waals surface area contributed by atoms with Crippen molar-refractivity contribution in [2.45, 2.75) is 59.9 Å². The molecule has 2 rings (SSSR count). The van der Waals surface area contributed by atoms with E-state index in [4.69, 9.17) is 27.5 Å². The van der Waals surface area contributed by atoms with E-state index in [-0.39, 0.29) is 0 Å². The second kappa shape index (κ2) is 9.27. The number of ether oxygens (including phenoxy) is 3. The summed E-state index contributed by atoms with van der Waals surface area (Å²) in [6.07, 6.45) is 1.26. The minimum Gasteiger partial charge on any atom is -0.485 e. The van der Waals surface area contributed by atoms with Crippen LogP contribution in [0.2, 0.25) is 0 Å². The van der Waals surface area contributed by atoms with Gasteiger partial charge in [-0.25, -0.2) is 0 Å². The van der Waals surface area contributed by atoms with E-state index in [0.29, 0.717) is 18.1 Å². The van der Waals surface area contributed by atoms with Crippen molar-refractivity contribution in [2.75, 3.05) is 6.23 Å². The zero-order valence-electron chi connectivity index (χ0n) is 17.2. The van der Waals surface area contributed by atoms with Crippen LogP contribution in [0.5, 0.6) is 11.5 Å². The van der Waals surface area contributed by atoms with Crippen molar-refractivity contribution in [2.24, 2.45) is 0 Å². The summed E-state index contributed by atoms with van der Waals surface area (Å²) in [5.41, 5.74) is 0.774. The fourth-order valence-corrected chi connectivity index (χ4v) is 4.87. The van der Waals surface area contributed by atoms with E-state index in [2.05, 4.69) is 6.92 Å². The lowest BCUT2D eigenvalue weighted by Gasteiger charge is -2.35. The zero-order valence-corrected chi connectivity index (χ0v) is 18.2. The molecule has 160 valence electrons. The molecule has 29 heavy (non-hydrogen) atoms. The van der Waals surface area contributed by atoms with Crippen molar-refractivity contribution in [3.8, 4) is 11.5 Å². The monoisotopic (exact) mass is 426 g/mol. The smallest absolute Gasteiger partial charge is 0.485 e. The third-order valence-electron chi connectivity index (χ3n) is 3.91. The van der Waals surface area contributed by atoms with E-state index in [1.807, 2.05) is 6.92 Å². The number of fused-ring (bicyclic) bond motifs is 1. The van der Waals surface area contributed by atoms with E-state index in [1.54, 1.807) is 18.2 Å². The van der Waals surface area contributed by atoms with Crippen LogP contribution in [-0.2, 0) is 39.0 Å². The standard InChI is InChI=1S/C19H26O9Si/c1-6-9-19(5)24-11-16-10-17(7-8-18(16)25-19)23-12-29(26-13(2)20,27-14(3)21)28-15(4)22/h7-8,10H,6,9,11-12H2,1-5H3. The van der Waals surface area contributed by atoms with E-state index in [1.165, 1.54) is 0 Å². The van der Waals surface area contributed by atoms with Crippen molar-refractivity contribution < 1.29 is 41.9 Å². The lowest BCUT2D eigenvalue weighted by molar-refractivity contribution is -0.197. The third-order valence-corrected chi connectivity index (χ3v) is 6.20. The summed E-state index contributed by atoms with van der Waals surface area (Å²) in [7, 11) is -4.07. The maximum absolute atomic E-state index is 11.5. The van der Waals surface area contributed by atoms with Gasteiger partial charge in [-0.05, 0) is 24.6 Å². The van der Waals surface area contributed by atoms with Crippen molar-refractivity contribution in [1.82, 2.24) is 0 Å². The third kappa shape index (κ3) is 6.46. The first-order valence-electron chi connectivity index (χ1n) is 9.24. The van der Waals surface area contributed by atoms with Gasteiger partial charge in [0.2, 0.25) is 5.79 Å². The Kier molecular flexibility index (Phi) is 7.25. The molecule has 0 saturated heterocycles. The lowest BCUT2D eigenvalue weighted by atomic mass is 10.1. The summed E-state index contributed by atoms with van der Waals surface area (Å²) in [6, 6.07) is 5.11. The van der Waals surface area contributed by atoms with Gasteiger partial charge < -0.3 is 27.5 Å². The predicted molar refractivity (Wildman–Crippen MR) is 102 cm³/mol. The number of hydrogen-bond acceptors (Lipinski definition) is 9. The maximum Gasteiger partial charge on any atom is 0.745 e. The van der Waals surface area contributed by atoms with Crippen molar-refractivity contribution in [1.29, 1.82) is 0 Å². The zero-order chi connectivity index (χ0) is 21.7. The van der Waals surface area contributed by atoms with Gasteiger partial charge in [0.1, 0.15) is 11.5 Å². The highest BCUT2D eigenvalue weighted by Crippen LogP contribution is 2.35. The SMILES string of the molecule is CCCC1(C)OCc2cc(OC[Si](OC(C)=O)(OC(C)=O)OC(C)=O)ccc2O1. The van der Waals surface area contributed by atoms with Gasteiger partial charge in [0.25, 0.3) is 17.9 Å². The van der Waals surface area contributed by atoms with Gasteiger partial charge in [-0.3, -0.25) is 14.4 Å². The Balaban J connectivity index is 2.17. The van der Waals surface area contributed by atoms with Crippen molar-refractivity contribution in [3.05, 3.63) is 23.8 Å². The van der Waals surface area contributed by atoms with Crippen LogP contribution in [0.3, 0.4) is 0 Å². The van der Waals surface area contributed by atoms with Gasteiger partial charge >= 0.3 is 8.80 Å². The minimum atomic E-state index is -4.07. The fourth-order valence-electron chi connectivity index (χ4n) is 2.91. The second-order valence-corrected chi connectivity index (χ2v) is 9.06. The summed E-state index contributed by atoms with van der Waals surface area (Å²) in [4.78, 5) is 34.4. The molecule has 1 unspecified atom stereocenters. The van der Waals surface area contributed by atoms with E-state index < -0.39 is 38.7 Å². The molecule has 1 aliphatic heterocycles. The highest BCUT2D eigenvalue weighted by molar-refractivity contribution is 6.65. The molecular formula is C19H26O9Si. The van der Waals surface area contributed by atoms with Crippen LogP contribution in [-0.4, -0.2) is 38.7 Å². The van der Waals surface area contributed by atoms with Crippen molar-refractivity contribution >= 4 is 26.7 Å². The quantitative estimate of drug-likeness (QED) is 0.580. The van der Waals surface area contributed by atoms with Gasteiger partial charge in [-0.1, -0.05) is 6.92 Å². The highest BCUT2D eigenvalue weighted by Gasteiger charge is 2.53. The number of benzene rings is 1. The Morgan fingerprint density at radius 2 is 1.66 bits per heavy atom. The van der Waals surface area contributed by atoms with Crippen LogP contribution in [0.1, 0.15) is 53.0 Å². The van der Waals surface area contributed by atoms with Crippen LogP contribution in [0.15, 0.2) is 18.2 Å². The molecular weight excluding hydrogens is 400 g/mol. The average molecular weight is 426 g/mol. The number of hydrogen-bond donors (Lipinski definition) is 0. The first kappa shape index (κ1) is 22.7. The average Bonchev–Trinajstić information content (AvgIpc) is 2.58. The molecule has 0 N–H and O–H groups in total. The maximum atomic E-state index is 11.5. The molecule has 0 radical (unpaired) electrons. The van der Waals surface area contributed by atoms with Gasteiger partial charge in [0, 0.05) is 39.7 Å². The summed E-state index contributed by atoms with van der Waals surface area (Å²) in [5.74, 6) is -1.88. The molecule has 1 aliphatic rings. The fraction of sp³-hybridized carbons (Fsp3) is 0.526. The van der Waals surface area contributed by atoms with Crippen LogP contribution < -0.4 is 9.47 Å². The molecule has 0 saturated carbocycles. The van der Waals surface area contributed by atoms with Crippen LogP contribution >= 0.6 is 0 Å². The summed E-state index contributed by atoms with van der Waals surface area (Å²) in [5, 5.41) is 0. The lowest BCUT2D eigenvalue weighted by Crippen LogP contribution is -2.54. The van der Waals surface area contributed by atoms with Gasteiger partial charge in [0.15, 0.2) is 6.23 Å².